The van der Waals surface area contributed by atoms with Crippen molar-refractivity contribution >= 4 is 10.0 Å². The molecule has 2 atom stereocenters. The number of hydrogen-bond acceptors (Lipinski definition) is 2. The Morgan fingerprint density at radius 2 is 2.00 bits per heavy atom. The zero-order chi connectivity index (χ0) is 14.7. The standard InChI is InChI=1S/C14H28FNO2S/c1-5-8-12(6-2)13-9-7-10-16(11-13)19(17,18)14(3,4)15/h12-13H,5-11H2,1-4H3. The Morgan fingerprint density at radius 3 is 2.47 bits per heavy atom. The van der Waals surface area contributed by atoms with Crippen molar-refractivity contribution in [3.63, 3.8) is 0 Å². The van der Waals surface area contributed by atoms with Gasteiger partial charge >= 0.3 is 0 Å². The molecule has 0 spiro atoms. The number of sulfonamides is 1. The second-order valence-electron chi connectivity index (χ2n) is 6.09. The summed E-state index contributed by atoms with van der Waals surface area (Å²) >= 11 is 0. The molecule has 0 aromatic heterocycles. The van der Waals surface area contributed by atoms with E-state index in [0.29, 0.717) is 24.9 Å². The van der Waals surface area contributed by atoms with E-state index in [1.807, 2.05) is 0 Å². The van der Waals surface area contributed by atoms with Crippen LogP contribution in [0.15, 0.2) is 0 Å². The summed E-state index contributed by atoms with van der Waals surface area (Å²) in [5, 5.41) is -2.18. The molecule has 0 amide bonds. The van der Waals surface area contributed by atoms with Crippen LogP contribution in [0.1, 0.15) is 59.8 Å². The lowest BCUT2D eigenvalue weighted by molar-refractivity contribution is 0.177. The molecule has 2 unspecified atom stereocenters. The molecule has 0 bridgehead atoms. The monoisotopic (exact) mass is 293 g/mol. The molecular formula is C14H28FNO2S. The molecule has 114 valence electrons. The second kappa shape index (κ2) is 6.53. The molecule has 5 heteroatoms. The largest absolute Gasteiger partial charge is 0.248 e. The first-order valence-electron chi connectivity index (χ1n) is 7.42. The Labute approximate surface area is 117 Å². The molecule has 3 nitrogen and oxygen atoms in total. The number of alkyl halides is 1. The Hall–Kier alpha value is -0.160. The van der Waals surface area contributed by atoms with Crippen LogP contribution in [0.3, 0.4) is 0 Å². The van der Waals surface area contributed by atoms with Gasteiger partial charge in [0.05, 0.1) is 0 Å². The minimum absolute atomic E-state index is 0.385. The van der Waals surface area contributed by atoms with Crippen LogP contribution in [0.5, 0.6) is 0 Å². The maximum Gasteiger partial charge on any atom is 0.248 e. The quantitative estimate of drug-likeness (QED) is 0.751. The maximum atomic E-state index is 13.9. The SMILES string of the molecule is CCCC(CC)C1CCCN(S(=O)(=O)C(C)(C)F)C1. The van der Waals surface area contributed by atoms with Crippen LogP contribution < -0.4 is 0 Å². The van der Waals surface area contributed by atoms with Crippen LogP contribution in [-0.2, 0) is 10.0 Å². The Balaban J connectivity index is 2.80. The highest BCUT2D eigenvalue weighted by molar-refractivity contribution is 7.90. The highest BCUT2D eigenvalue weighted by Gasteiger charge is 2.42. The van der Waals surface area contributed by atoms with E-state index < -0.39 is 15.0 Å². The number of rotatable bonds is 6. The summed E-state index contributed by atoms with van der Waals surface area (Å²) in [6.45, 7) is 7.55. The second-order valence-corrected chi connectivity index (χ2v) is 8.52. The molecule has 0 aromatic rings. The molecule has 0 N–H and O–H groups in total. The van der Waals surface area contributed by atoms with Crippen LogP contribution in [0.2, 0.25) is 0 Å². The fourth-order valence-electron chi connectivity index (χ4n) is 3.03. The molecule has 1 rings (SSSR count). The smallest absolute Gasteiger partial charge is 0.226 e. The molecule has 19 heavy (non-hydrogen) atoms. The summed E-state index contributed by atoms with van der Waals surface area (Å²) in [6.07, 6.45) is 5.24. The van der Waals surface area contributed by atoms with Crippen molar-refractivity contribution in [1.29, 1.82) is 0 Å². The van der Waals surface area contributed by atoms with Gasteiger partial charge in [-0.2, -0.15) is 4.31 Å². The first kappa shape index (κ1) is 16.9. The first-order chi connectivity index (χ1) is 8.74. The summed E-state index contributed by atoms with van der Waals surface area (Å²) in [5.74, 6) is 0.946. The summed E-state index contributed by atoms with van der Waals surface area (Å²) in [4.78, 5) is 0. The van der Waals surface area contributed by atoms with E-state index in [0.717, 1.165) is 46.0 Å². The Morgan fingerprint density at radius 1 is 1.37 bits per heavy atom. The fourth-order valence-corrected chi connectivity index (χ4v) is 4.40. The molecule has 0 saturated carbocycles. The van der Waals surface area contributed by atoms with E-state index >= 15 is 0 Å². The first-order valence-corrected chi connectivity index (χ1v) is 8.86. The van der Waals surface area contributed by atoms with Gasteiger partial charge in [0, 0.05) is 13.1 Å². The summed E-state index contributed by atoms with van der Waals surface area (Å²) in [5.41, 5.74) is 0. The van der Waals surface area contributed by atoms with E-state index in [1.54, 1.807) is 0 Å². The van der Waals surface area contributed by atoms with Crippen LogP contribution in [0, 0.1) is 11.8 Å². The molecule has 0 radical (unpaired) electrons. The van der Waals surface area contributed by atoms with Gasteiger partial charge in [-0.3, -0.25) is 0 Å². The van der Waals surface area contributed by atoms with Gasteiger partial charge in [0.2, 0.25) is 15.0 Å². The molecule has 1 aliphatic heterocycles. The van der Waals surface area contributed by atoms with Crippen molar-refractivity contribution in [1.82, 2.24) is 4.31 Å². The van der Waals surface area contributed by atoms with Gasteiger partial charge < -0.3 is 0 Å². The van der Waals surface area contributed by atoms with Gasteiger partial charge in [-0.25, -0.2) is 12.8 Å². The summed E-state index contributed by atoms with van der Waals surface area (Å²) in [7, 11) is -3.82. The van der Waals surface area contributed by atoms with Gasteiger partial charge in [-0.1, -0.05) is 33.1 Å². The van der Waals surface area contributed by atoms with E-state index in [-0.39, 0.29) is 0 Å². The van der Waals surface area contributed by atoms with Crippen molar-refractivity contribution in [2.24, 2.45) is 11.8 Å². The van der Waals surface area contributed by atoms with Gasteiger partial charge in [0.25, 0.3) is 0 Å². The van der Waals surface area contributed by atoms with Crippen molar-refractivity contribution in [2.75, 3.05) is 13.1 Å². The molecule has 1 heterocycles. The average Bonchev–Trinajstić information content (AvgIpc) is 2.34. The third kappa shape index (κ3) is 3.91. The predicted octanol–water partition coefficient (Wildman–Crippen LogP) is 3.56. The number of nitrogens with zero attached hydrogens (tertiary/aromatic N) is 1. The van der Waals surface area contributed by atoms with E-state index in [9.17, 15) is 12.8 Å². The van der Waals surface area contributed by atoms with Gasteiger partial charge in [0.1, 0.15) is 0 Å². The zero-order valence-electron chi connectivity index (χ0n) is 12.7. The molecule has 0 aromatic carbocycles. The highest BCUT2D eigenvalue weighted by Crippen LogP contribution is 2.33. The Bertz CT molecular complexity index is 375. The van der Waals surface area contributed by atoms with Crippen molar-refractivity contribution in [2.45, 2.75) is 64.8 Å². The lowest BCUT2D eigenvalue weighted by atomic mass is 9.82. The van der Waals surface area contributed by atoms with Crippen LogP contribution >= 0.6 is 0 Å². The molecular weight excluding hydrogens is 265 g/mol. The van der Waals surface area contributed by atoms with Crippen LogP contribution in [0.4, 0.5) is 4.39 Å². The topological polar surface area (TPSA) is 37.4 Å². The molecule has 1 fully saturated rings. The zero-order valence-corrected chi connectivity index (χ0v) is 13.5. The van der Waals surface area contributed by atoms with Crippen molar-refractivity contribution in [3.05, 3.63) is 0 Å². The number of halogens is 1. The Kier molecular flexibility index (Phi) is 5.80. The number of hydrogen-bond donors (Lipinski definition) is 0. The predicted molar refractivity (Wildman–Crippen MR) is 77.1 cm³/mol. The van der Waals surface area contributed by atoms with Gasteiger partial charge in [-0.15, -0.1) is 0 Å². The van der Waals surface area contributed by atoms with Crippen molar-refractivity contribution in [3.8, 4) is 0 Å². The third-order valence-corrected chi connectivity index (χ3v) is 6.46. The fraction of sp³-hybridized carbons (Fsp3) is 1.00. The minimum atomic E-state index is -3.82. The minimum Gasteiger partial charge on any atom is -0.226 e. The lowest BCUT2D eigenvalue weighted by Gasteiger charge is -2.37. The highest BCUT2D eigenvalue weighted by atomic mass is 32.2. The van der Waals surface area contributed by atoms with Gasteiger partial charge in [0.15, 0.2) is 0 Å². The third-order valence-electron chi connectivity index (χ3n) is 4.22. The lowest BCUT2D eigenvalue weighted by Crippen LogP contribution is -2.48. The summed E-state index contributed by atoms with van der Waals surface area (Å²) in [6, 6.07) is 0. The molecule has 1 aliphatic rings. The molecule has 0 aliphatic carbocycles. The molecule has 1 saturated heterocycles. The van der Waals surface area contributed by atoms with E-state index in [1.165, 1.54) is 4.31 Å². The van der Waals surface area contributed by atoms with E-state index in [2.05, 4.69) is 13.8 Å². The maximum absolute atomic E-state index is 13.9. The van der Waals surface area contributed by atoms with Crippen LogP contribution in [-0.4, -0.2) is 30.8 Å². The van der Waals surface area contributed by atoms with Crippen molar-refractivity contribution < 1.29 is 12.8 Å². The number of piperidine rings is 1. The van der Waals surface area contributed by atoms with Gasteiger partial charge in [-0.05, 0) is 38.5 Å². The normalized spacial score (nSPS) is 24.4. The van der Waals surface area contributed by atoms with E-state index in [4.69, 9.17) is 0 Å². The van der Waals surface area contributed by atoms with Crippen LogP contribution in [0.25, 0.3) is 0 Å². The average molecular weight is 293 g/mol. The summed E-state index contributed by atoms with van der Waals surface area (Å²) < 4.78 is 39.6.